The van der Waals surface area contributed by atoms with Gasteiger partial charge >= 0.3 is 20.2 Å². The van der Waals surface area contributed by atoms with Crippen LogP contribution in [0.1, 0.15) is 148 Å². The standard InChI is InChI=1S/C66H79N6O19P/c1-9-15-17-19-53(55(11-3)71(41-73)88-65(79)43-21-25-47(82-7)26-22-43)61(75)67-39-69-63(77)59-31-29-57(86-59)45-33-49(84-13-5)37-51(35-45)90-92(81)91-52-36-46(34-50(38-52)85-14-6)58-30-32-60(87-58)64(78)70-40-68-62(76)54(20-18-16-10-2)56(12-4)72(42-74)89-66(80)44-23-27-48(83-8)28-24-44/h21-38,41-42,53-56H,9-20,39-40H2,1-8H3,(H3-,67,68,69,70,75,76,77,78)/p+1/t53-,54-,55-,56-/m1/s1. The first kappa shape index (κ1) is 71.2. The molecule has 0 aliphatic heterocycles. The Hall–Kier alpha value is -9.90. The van der Waals surface area contributed by atoms with E-state index in [0.29, 0.717) is 72.6 Å². The van der Waals surface area contributed by atoms with Gasteiger partial charge in [0, 0.05) is 27.8 Å². The van der Waals surface area contributed by atoms with Gasteiger partial charge < -0.3 is 58.7 Å². The monoisotopic (exact) mass is 1290 g/mol. The van der Waals surface area contributed by atoms with Crippen LogP contribution in [0.4, 0.5) is 0 Å². The summed E-state index contributed by atoms with van der Waals surface area (Å²) in [5, 5.41) is 12.4. The number of methoxy groups -OCH3 is 2. The van der Waals surface area contributed by atoms with Crippen LogP contribution in [-0.4, -0.2) is 111 Å². The minimum atomic E-state index is -2.96. The average Bonchev–Trinajstić information content (AvgIpc) is 1.64. The van der Waals surface area contributed by atoms with Gasteiger partial charge in [-0.3, -0.25) is 28.8 Å². The van der Waals surface area contributed by atoms with Gasteiger partial charge in [0.25, 0.3) is 11.8 Å². The lowest BCUT2D eigenvalue weighted by Gasteiger charge is -2.31. The van der Waals surface area contributed by atoms with Crippen LogP contribution in [0.25, 0.3) is 22.6 Å². The molecule has 25 nitrogen and oxygen atoms in total. The zero-order valence-corrected chi connectivity index (χ0v) is 53.7. The molecule has 4 N–H and O–H groups in total. The van der Waals surface area contributed by atoms with Gasteiger partial charge in [0.1, 0.15) is 34.5 Å². The molecule has 0 bridgehead atoms. The maximum absolute atomic E-state index is 13.8. The number of rotatable bonds is 40. The number of carbonyl (C=O) groups excluding carboxylic acids is 8. The molecule has 6 rings (SSSR count). The van der Waals surface area contributed by atoms with Crippen LogP contribution in [0.5, 0.6) is 34.5 Å². The van der Waals surface area contributed by atoms with Crippen LogP contribution in [-0.2, 0) is 33.4 Å². The molecular formula is C66H80N6O19P+. The van der Waals surface area contributed by atoms with Crippen molar-refractivity contribution in [2.45, 2.75) is 118 Å². The van der Waals surface area contributed by atoms with Gasteiger partial charge in [-0.2, -0.15) is 10.1 Å². The van der Waals surface area contributed by atoms with Crippen molar-refractivity contribution in [2.24, 2.45) is 11.8 Å². The molecule has 6 aromatic rings. The molecule has 4 aromatic carbocycles. The molecule has 92 heavy (non-hydrogen) atoms. The third-order valence-corrected chi connectivity index (χ3v) is 15.3. The lowest BCUT2D eigenvalue weighted by molar-refractivity contribution is -0.171. The SMILES string of the molecule is CCCCC[C@@H](C(=O)NCNC(=O)c1ccc(-c2cc(OCC)cc(O[P+](=O)Oc3cc(OCC)cc(-c4ccc(C(=O)NCNC(=O)[C@H](CCCCC)[C@@H](CC)N(C=O)OC(=O)c5ccc(OC)cc5)o4)c3)c2)o1)[C@@H](CC)N(C=O)OC(=O)c1ccc(OC)cc1. The number of carbonyl (C=O) groups is 8. The first-order valence-electron chi connectivity index (χ1n) is 30.4. The van der Waals surface area contributed by atoms with Crippen molar-refractivity contribution in [3.8, 4) is 57.1 Å². The second-order valence-corrected chi connectivity index (χ2v) is 21.5. The van der Waals surface area contributed by atoms with Crippen molar-refractivity contribution in [3.63, 3.8) is 0 Å². The van der Waals surface area contributed by atoms with Crippen molar-refractivity contribution in [1.82, 2.24) is 31.4 Å². The van der Waals surface area contributed by atoms with Gasteiger partial charge in [-0.15, -0.1) is 0 Å². The molecule has 0 unspecified atom stereocenters. The molecule has 0 saturated heterocycles. The topological polar surface area (TPSA) is 308 Å². The molecular weight excluding hydrogens is 1210 g/mol. The molecule has 26 heteroatoms. The first-order valence-corrected chi connectivity index (χ1v) is 31.5. The van der Waals surface area contributed by atoms with E-state index >= 15 is 0 Å². The fourth-order valence-electron chi connectivity index (χ4n) is 9.91. The van der Waals surface area contributed by atoms with Gasteiger partial charge in [-0.05, 0) is 137 Å². The molecule has 0 spiro atoms. The summed E-state index contributed by atoms with van der Waals surface area (Å²) in [6.45, 7) is 11.0. The van der Waals surface area contributed by atoms with E-state index in [9.17, 15) is 42.9 Å². The van der Waals surface area contributed by atoms with Crippen molar-refractivity contribution in [3.05, 3.63) is 132 Å². The summed E-state index contributed by atoms with van der Waals surface area (Å²) in [7, 11) is 0.0234. The summed E-state index contributed by atoms with van der Waals surface area (Å²) < 4.78 is 59.1. The first-order chi connectivity index (χ1) is 44.5. The molecule has 0 fully saturated rings. The van der Waals surface area contributed by atoms with Gasteiger partial charge in [-0.1, -0.05) is 66.2 Å². The largest absolute Gasteiger partial charge is 0.805 e. The molecule has 2 aromatic heterocycles. The van der Waals surface area contributed by atoms with Crippen molar-refractivity contribution in [1.29, 1.82) is 0 Å². The lowest BCUT2D eigenvalue weighted by atomic mass is 9.90. The smallest absolute Gasteiger partial charge is 0.497 e. The number of nitrogens with one attached hydrogen (secondary N) is 4. The number of benzene rings is 4. The Labute approximate surface area is 534 Å². The predicted octanol–water partition coefficient (Wildman–Crippen LogP) is 11.2. The highest BCUT2D eigenvalue weighted by Gasteiger charge is 2.36. The number of nitrogens with zero attached hydrogens (tertiary/aromatic N) is 2. The Bertz CT molecular complexity index is 3210. The van der Waals surface area contributed by atoms with Crippen LogP contribution in [0.15, 0.2) is 118 Å². The highest BCUT2D eigenvalue weighted by Crippen LogP contribution is 2.39. The molecule has 492 valence electrons. The number of ether oxygens (including phenoxy) is 4. The zero-order valence-electron chi connectivity index (χ0n) is 52.9. The predicted molar refractivity (Wildman–Crippen MR) is 336 cm³/mol. The lowest BCUT2D eigenvalue weighted by Crippen LogP contribution is -2.49. The van der Waals surface area contributed by atoms with E-state index in [1.165, 1.54) is 87.0 Å². The molecule has 4 atom stereocenters. The van der Waals surface area contributed by atoms with Crippen LogP contribution in [0.2, 0.25) is 0 Å². The van der Waals surface area contributed by atoms with Gasteiger partial charge in [0.2, 0.25) is 24.6 Å². The number of hydroxylamine groups is 4. The maximum atomic E-state index is 13.8. The molecule has 0 radical (unpaired) electrons. The number of hydrogen-bond donors (Lipinski definition) is 4. The Morgan fingerprint density at radius 1 is 0.489 bits per heavy atom. The van der Waals surface area contributed by atoms with E-state index in [1.807, 2.05) is 13.8 Å². The highest BCUT2D eigenvalue weighted by atomic mass is 31.1. The minimum absolute atomic E-state index is 0.0464. The number of unbranched alkanes of at least 4 members (excludes halogenated alkanes) is 4. The van der Waals surface area contributed by atoms with E-state index in [4.69, 9.17) is 46.5 Å². The normalized spacial score (nSPS) is 12.1. The number of furan rings is 2. The van der Waals surface area contributed by atoms with Gasteiger partial charge in [0.05, 0.1) is 75.8 Å². The van der Waals surface area contributed by atoms with Crippen LogP contribution >= 0.6 is 8.25 Å². The Morgan fingerprint density at radius 3 is 1.21 bits per heavy atom. The molecule has 2 heterocycles. The van der Waals surface area contributed by atoms with Gasteiger partial charge in [0.15, 0.2) is 23.0 Å². The summed E-state index contributed by atoms with van der Waals surface area (Å²) in [5.41, 5.74) is 1.09. The summed E-state index contributed by atoms with van der Waals surface area (Å²) in [5.74, 6) is -3.58. The third-order valence-electron chi connectivity index (χ3n) is 14.6. The second-order valence-electron chi connectivity index (χ2n) is 20.7. The average molecular weight is 1290 g/mol. The van der Waals surface area contributed by atoms with Gasteiger partial charge in [-0.25, -0.2) is 18.6 Å². The Kier molecular flexibility index (Phi) is 28.4. The van der Waals surface area contributed by atoms with Crippen LogP contribution < -0.4 is 49.3 Å². The molecule has 0 aliphatic rings. The summed E-state index contributed by atoms with van der Waals surface area (Å²) >= 11 is 0. The van der Waals surface area contributed by atoms with E-state index in [-0.39, 0.29) is 85.1 Å². The fraction of sp³-hybridized carbons (Fsp3) is 0.394. The number of amides is 6. The molecule has 0 saturated carbocycles. The fourth-order valence-corrected chi connectivity index (χ4v) is 10.5. The minimum Gasteiger partial charge on any atom is -0.497 e. The van der Waals surface area contributed by atoms with E-state index in [0.717, 1.165) is 35.8 Å². The van der Waals surface area contributed by atoms with Crippen molar-refractivity contribution in [2.75, 3.05) is 40.8 Å². The van der Waals surface area contributed by atoms with E-state index < -0.39 is 67.7 Å². The van der Waals surface area contributed by atoms with Crippen molar-refractivity contribution < 1.29 is 89.4 Å². The van der Waals surface area contributed by atoms with Crippen molar-refractivity contribution >= 4 is 56.6 Å². The maximum Gasteiger partial charge on any atom is 0.805 e. The second kappa shape index (κ2) is 36.7. The number of hydrogen-bond acceptors (Lipinski definition) is 19. The quantitative estimate of drug-likeness (QED) is 0.00913. The highest BCUT2D eigenvalue weighted by molar-refractivity contribution is 7.34. The van der Waals surface area contributed by atoms with E-state index in [1.54, 1.807) is 64.1 Å². The summed E-state index contributed by atoms with van der Waals surface area (Å²) in [4.78, 5) is 116. The third kappa shape index (κ3) is 20.6. The summed E-state index contributed by atoms with van der Waals surface area (Å²) in [6.07, 6.45) is 6.65. The Balaban J connectivity index is 1.07. The summed E-state index contributed by atoms with van der Waals surface area (Å²) in [6, 6.07) is 25.8. The van der Waals surface area contributed by atoms with Crippen LogP contribution in [0, 0.1) is 11.8 Å². The molecule has 6 amide bonds. The van der Waals surface area contributed by atoms with Crippen LogP contribution in [0.3, 0.4) is 0 Å². The van der Waals surface area contributed by atoms with E-state index in [2.05, 4.69) is 21.3 Å². The zero-order chi connectivity index (χ0) is 66.5. The Morgan fingerprint density at radius 2 is 0.870 bits per heavy atom. The molecule has 0 aliphatic carbocycles.